The van der Waals surface area contributed by atoms with Crippen LogP contribution in [0.15, 0.2) is 0 Å². The van der Waals surface area contributed by atoms with Crippen molar-refractivity contribution in [3.8, 4) is 0 Å². The first kappa shape index (κ1) is 45.7. The summed E-state index contributed by atoms with van der Waals surface area (Å²) in [6.07, 6.45) is 0. The molecule has 0 aromatic carbocycles. The molecule has 0 heterocycles. The van der Waals surface area contributed by atoms with Crippen molar-refractivity contribution in [3.05, 3.63) is 0 Å². The Kier molecular flexibility index (Phi) is 41.5. The Morgan fingerprint density at radius 3 is 0.348 bits per heavy atom. The Labute approximate surface area is 232 Å². The molecule has 0 aliphatic heterocycles. The maximum absolute atomic E-state index is 8.58. The predicted molar refractivity (Wildman–Crippen MR) is 11.2 cm³/mol. The summed E-state index contributed by atoms with van der Waals surface area (Å²) in [7, 11) is 0. The Balaban J connectivity index is -0.0000000284. The molecule has 23 heavy (non-hydrogen) atoms. The molecule has 0 rings (SSSR count). The van der Waals surface area contributed by atoms with Crippen LogP contribution in [0.25, 0.3) is 0 Å². The zero-order chi connectivity index (χ0) is 18.0. The van der Waals surface area contributed by atoms with Gasteiger partial charge in [0.1, 0.15) is 0 Å². The van der Waals surface area contributed by atoms with Crippen LogP contribution in [0.5, 0.6) is 0 Å². The van der Waals surface area contributed by atoms with Gasteiger partial charge in [0.05, 0.1) is 0 Å². The van der Waals surface area contributed by atoms with Crippen LogP contribution in [-0.2, 0) is 84.2 Å². The van der Waals surface area contributed by atoms with Crippen LogP contribution in [0.2, 0.25) is 0 Å². The summed E-state index contributed by atoms with van der Waals surface area (Å²) in [4.78, 5) is 0. The van der Waals surface area contributed by atoms with E-state index in [9.17, 15) is 0 Å². The summed E-state index contributed by atoms with van der Waals surface area (Å²) in [5, 5.41) is 0. The molecule has 0 atom stereocenters. The molecule has 0 saturated heterocycles. The molecule has 23 heteroatoms. The van der Waals surface area contributed by atoms with Gasteiger partial charge in [0.25, 0.3) is 0 Å². The summed E-state index contributed by atoms with van der Waals surface area (Å²) in [6, 6.07) is 0. The van der Waals surface area contributed by atoms with Gasteiger partial charge in [-0.15, -0.1) is 0 Å². The van der Waals surface area contributed by atoms with Gasteiger partial charge in [0, 0.05) is 0 Å². The molecule has 0 aliphatic carbocycles. The number of rotatable bonds is 0. The van der Waals surface area contributed by atoms with Crippen molar-refractivity contribution < 1.29 is 200 Å². The first-order chi connectivity index (χ1) is 8.00. The van der Waals surface area contributed by atoms with Crippen LogP contribution in [0.1, 0.15) is 0 Å². The second-order valence-corrected chi connectivity index (χ2v) is 6.23. The Morgan fingerprint density at radius 1 is 0.348 bits per heavy atom. The topological polar surface area (TPSA) is 321 Å². The minimum absolute atomic E-state index is 0. The van der Waals surface area contributed by atoms with Crippen molar-refractivity contribution in [2.45, 2.75) is 0 Å². The smallest absolute Gasteiger partial charge is 3.00 e. The minimum atomic E-state index is -5.62. The monoisotopic (exact) mass is 797 g/mol. The molecule has 0 aromatic heterocycles. The summed E-state index contributed by atoms with van der Waals surface area (Å²) in [6.45, 7) is 0. The van der Waals surface area contributed by atoms with E-state index in [-0.39, 0.29) is 120 Å². The first-order valence-electron chi connectivity index (χ1n) is 2.47. The second kappa shape index (κ2) is 20.9. The second-order valence-electron chi connectivity index (χ2n) is 1.51. The van der Waals surface area contributed by atoms with Gasteiger partial charge >= 0.3 is 238 Å². The quantitative estimate of drug-likeness (QED) is 0.205. The molecule has 0 unspecified atom stereocenters. The largest absolute Gasteiger partial charge is 3.00 e. The average molecular weight is 798 g/mol. The van der Waals surface area contributed by atoms with E-state index in [2.05, 4.69) is 0 Å². The van der Waals surface area contributed by atoms with E-state index < -0.39 is 53.5 Å². The molecule has 0 fully saturated rings. The van der Waals surface area contributed by atoms with Crippen LogP contribution >= 0.6 is 0 Å². The number of hydrogen-bond donors (Lipinski definition) is 0. The SMILES string of the molecule is [Ca+2].[O]=[Mn](=[O])([O-])[O-].[O]=[Mn](=[O])([O-])[O-].[O]=[Mn](=[O])([O-])[O-].[O]=[Mn](=[O])([O-])[O-].[Pr+3].[Pr+3]. The van der Waals surface area contributed by atoms with Crippen molar-refractivity contribution in [1.82, 2.24) is 0 Å². The van der Waals surface area contributed by atoms with Crippen molar-refractivity contribution >= 4 is 37.7 Å². The maximum atomic E-state index is 8.58. The third kappa shape index (κ3) is 887. The fourth-order valence-corrected chi connectivity index (χ4v) is 0. The summed E-state index contributed by atoms with van der Waals surface area (Å²) in [5.41, 5.74) is 0. The van der Waals surface area contributed by atoms with Crippen LogP contribution < -0.4 is 33.5 Å². The predicted octanol–water partition coefficient (Wildman–Crippen LogP) is -10.9. The standard InChI is InChI=1S/Ca.4Mn.16O.2Pr/q+2;;;;;;;;;;;;;8*-1;2*+3. The Bertz CT molecular complexity index is 483. The molecule has 16 nitrogen and oxygen atoms in total. The van der Waals surface area contributed by atoms with Crippen molar-refractivity contribution in [3.63, 3.8) is 0 Å². The van der Waals surface area contributed by atoms with Gasteiger partial charge in [-0.2, -0.15) is 0 Å². The van der Waals surface area contributed by atoms with E-state index >= 15 is 0 Å². The van der Waals surface area contributed by atoms with E-state index in [1.807, 2.05) is 0 Å². The molecule has 0 saturated carbocycles. The molecule has 0 radical (unpaired) electrons. The third-order valence-corrected chi connectivity index (χ3v) is 0. The van der Waals surface area contributed by atoms with Crippen LogP contribution in [0, 0.1) is 82.6 Å². The zero-order valence-electron chi connectivity index (χ0n) is 9.91. The molecule has 0 aromatic rings. The van der Waals surface area contributed by atoms with Gasteiger partial charge in [-0.05, 0) is 0 Å². The van der Waals surface area contributed by atoms with Gasteiger partial charge in [-0.1, -0.05) is 0 Å². The molecule has 0 aliphatic rings. The van der Waals surface area contributed by atoms with Gasteiger partial charge < -0.3 is 0 Å². The molecule has 0 N–H and O–H groups in total. The van der Waals surface area contributed by atoms with Gasteiger partial charge in [0.15, 0.2) is 0 Å². The third-order valence-electron chi connectivity index (χ3n) is 0. The fraction of sp³-hybridized carbons (Fsp3) is 0. The zero-order valence-corrected chi connectivity index (χ0v) is 24.2. The first-order valence-corrected chi connectivity index (χ1v) is 10.2. The van der Waals surface area contributed by atoms with Crippen LogP contribution in [-0.4, -0.2) is 37.7 Å². The Hall–Kier alpha value is 4.14. The normalized spacial score (nSPS) is 10.1. The molecule has 0 amide bonds. The van der Waals surface area contributed by atoms with Gasteiger partial charge in [-0.25, -0.2) is 0 Å². The van der Waals surface area contributed by atoms with Crippen molar-refractivity contribution in [2.75, 3.05) is 0 Å². The Morgan fingerprint density at radius 2 is 0.348 bits per heavy atom. The summed E-state index contributed by atoms with van der Waals surface area (Å²) in [5.74, 6) is 0. The van der Waals surface area contributed by atoms with Crippen LogP contribution in [0.4, 0.5) is 0 Å². The van der Waals surface area contributed by atoms with Gasteiger partial charge in [-0.3, -0.25) is 0 Å². The van der Waals surface area contributed by atoms with E-state index in [1.54, 1.807) is 0 Å². The summed E-state index contributed by atoms with van der Waals surface area (Å²) >= 11 is -22.5. The molecule has 0 spiro atoms. The van der Waals surface area contributed by atoms with Crippen molar-refractivity contribution in [1.29, 1.82) is 0 Å². The van der Waals surface area contributed by atoms with E-state index in [0.717, 1.165) is 0 Å². The maximum Gasteiger partial charge on any atom is 3.00 e. The summed E-state index contributed by atoms with van der Waals surface area (Å²) < 4.78 is 137. The minimum Gasteiger partial charge on any atom is 3.00 e. The molecular weight excluding hydrogens is 798 g/mol. The van der Waals surface area contributed by atoms with Crippen molar-refractivity contribution in [2.24, 2.45) is 0 Å². The molecular formula is CaMn4O16Pr2. The van der Waals surface area contributed by atoms with E-state index in [1.165, 1.54) is 0 Å². The van der Waals surface area contributed by atoms with E-state index in [0.29, 0.717) is 0 Å². The fourth-order valence-electron chi connectivity index (χ4n) is 0. The van der Waals surface area contributed by atoms with Gasteiger partial charge in [0.2, 0.25) is 0 Å². The molecule has 0 bridgehead atoms. The number of hydrogen-bond acceptors (Lipinski definition) is 16. The average Bonchev–Trinajstić information content (AvgIpc) is 1.62. The van der Waals surface area contributed by atoms with E-state index in [4.69, 9.17) is 64.2 Å². The molecule has 132 valence electrons. The van der Waals surface area contributed by atoms with Crippen LogP contribution in [0.3, 0.4) is 0 Å².